The van der Waals surface area contributed by atoms with Crippen molar-refractivity contribution >= 4 is 51.6 Å². The predicted octanol–water partition coefficient (Wildman–Crippen LogP) is 2.56. The Bertz CT molecular complexity index is 859. The fourth-order valence-electron chi connectivity index (χ4n) is 2.28. The lowest BCUT2D eigenvalue weighted by atomic mass is 10.2. The summed E-state index contributed by atoms with van der Waals surface area (Å²) in [4.78, 5) is 8.83. The number of hydrogen-bond donors (Lipinski definition) is 3. The summed E-state index contributed by atoms with van der Waals surface area (Å²) in [7, 11) is -2.03. The molecule has 0 saturated carbocycles. The van der Waals surface area contributed by atoms with Gasteiger partial charge in [0, 0.05) is 19.3 Å². The maximum Gasteiger partial charge on any atom is 0.240 e. The molecule has 0 atom stereocenters. The molecular weight excluding hydrogens is 513 g/mol. The van der Waals surface area contributed by atoms with Crippen molar-refractivity contribution in [3.05, 3.63) is 58.9 Å². The minimum absolute atomic E-state index is 0. The number of sulfonamides is 1. The van der Waals surface area contributed by atoms with Crippen molar-refractivity contribution in [1.29, 1.82) is 0 Å². The van der Waals surface area contributed by atoms with Gasteiger partial charge in [0.2, 0.25) is 10.0 Å². The third-order valence-electron chi connectivity index (χ3n) is 3.76. The molecule has 0 bridgehead atoms. The van der Waals surface area contributed by atoms with E-state index >= 15 is 0 Å². The fraction of sp³-hybridized carbons (Fsp3) is 0.333. The maximum absolute atomic E-state index is 11.7. The Labute approximate surface area is 188 Å². The van der Waals surface area contributed by atoms with Gasteiger partial charge in [0.25, 0.3) is 0 Å². The van der Waals surface area contributed by atoms with Crippen molar-refractivity contribution in [2.75, 3.05) is 20.1 Å². The van der Waals surface area contributed by atoms with E-state index in [0.717, 1.165) is 24.1 Å². The van der Waals surface area contributed by atoms with Crippen LogP contribution in [0.3, 0.4) is 0 Å². The first-order valence-corrected chi connectivity index (χ1v) is 10.5. The van der Waals surface area contributed by atoms with Crippen LogP contribution in [0.2, 0.25) is 5.15 Å². The van der Waals surface area contributed by atoms with Crippen LogP contribution >= 0.6 is 35.6 Å². The van der Waals surface area contributed by atoms with Crippen LogP contribution in [-0.2, 0) is 23.0 Å². The SMILES string of the molecule is CCNC(=NCc1ccc(S(=O)(=O)NC)cc1)NCCc1ccc(Cl)nc1.I. The van der Waals surface area contributed by atoms with Gasteiger partial charge in [-0.05, 0) is 49.7 Å². The number of nitrogens with zero attached hydrogens (tertiary/aromatic N) is 2. The number of aliphatic imine (C=N–C) groups is 1. The second kappa shape index (κ2) is 12.2. The van der Waals surface area contributed by atoms with Gasteiger partial charge < -0.3 is 10.6 Å². The molecular formula is C18H25ClIN5O2S. The zero-order chi connectivity index (χ0) is 19.7. The fourth-order valence-corrected chi connectivity index (χ4v) is 3.13. The molecule has 3 N–H and O–H groups in total. The van der Waals surface area contributed by atoms with Crippen LogP contribution in [0.1, 0.15) is 18.1 Å². The molecule has 28 heavy (non-hydrogen) atoms. The van der Waals surface area contributed by atoms with Crippen molar-refractivity contribution in [3.63, 3.8) is 0 Å². The highest BCUT2D eigenvalue weighted by Crippen LogP contribution is 2.11. The number of halogens is 2. The van der Waals surface area contributed by atoms with Crippen LogP contribution < -0.4 is 15.4 Å². The van der Waals surface area contributed by atoms with Crippen LogP contribution in [-0.4, -0.2) is 39.5 Å². The second-order valence-corrected chi connectivity index (χ2v) is 7.99. The molecule has 0 spiro atoms. The lowest BCUT2D eigenvalue weighted by Gasteiger charge is -2.11. The maximum atomic E-state index is 11.7. The number of hydrogen-bond acceptors (Lipinski definition) is 4. The highest BCUT2D eigenvalue weighted by molar-refractivity contribution is 14.0. The monoisotopic (exact) mass is 537 g/mol. The average Bonchev–Trinajstić information content (AvgIpc) is 2.68. The van der Waals surface area contributed by atoms with Crippen molar-refractivity contribution in [3.8, 4) is 0 Å². The van der Waals surface area contributed by atoms with E-state index < -0.39 is 10.0 Å². The molecule has 10 heteroatoms. The normalized spacial score (nSPS) is 11.6. The van der Waals surface area contributed by atoms with Gasteiger partial charge in [-0.1, -0.05) is 29.8 Å². The molecule has 2 aromatic rings. The van der Waals surface area contributed by atoms with Gasteiger partial charge in [-0.2, -0.15) is 0 Å². The predicted molar refractivity (Wildman–Crippen MR) is 124 cm³/mol. The molecule has 0 unspecified atom stereocenters. The van der Waals surface area contributed by atoms with E-state index in [-0.39, 0.29) is 28.9 Å². The lowest BCUT2D eigenvalue weighted by molar-refractivity contribution is 0.588. The first-order chi connectivity index (χ1) is 12.9. The summed E-state index contributed by atoms with van der Waals surface area (Å²) >= 11 is 5.79. The van der Waals surface area contributed by atoms with Gasteiger partial charge >= 0.3 is 0 Å². The summed E-state index contributed by atoms with van der Waals surface area (Å²) in [6.45, 7) is 3.89. The third kappa shape index (κ3) is 7.90. The topological polar surface area (TPSA) is 95.5 Å². The molecule has 0 aliphatic carbocycles. The summed E-state index contributed by atoms with van der Waals surface area (Å²) < 4.78 is 25.8. The first-order valence-electron chi connectivity index (χ1n) is 8.59. The van der Waals surface area contributed by atoms with Crippen molar-refractivity contribution in [1.82, 2.24) is 20.3 Å². The Morgan fingerprint density at radius 3 is 2.36 bits per heavy atom. The summed E-state index contributed by atoms with van der Waals surface area (Å²) in [5.74, 6) is 0.700. The average molecular weight is 538 g/mol. The molecule has 0 saturated heterocycles. The van der Waals surface area contributed by atoms with Gasteiger partial charge in [-0.25, -0.2) is 23.1 Å². The lowest BCUT2D eigenvalue weighted by Crippen LogP contribution is -2.38. The van der Waals surface area contributed by atoms with Gasteiger partial charge in [0.1, 0.15) is 5.15 Å². The zero-order valence-electron chi connectivity index (χ0n) is 15.8. The minimum Gasteiger partial charge on any atom is -0.357 e. The van der Waals surface area contributed by atoms with Crippen molar-refractivity contribution < 1.29 is 8.42 Å². The van der Waals surface area contributed by atoms with Crippen LogP contribution in [0.25, 0.3) is 0 Å². The highest BCUT2D eigenvalue weighted by Gasteiger charge is 2.10. The van der Waals surface area contributed by atoms with E-state index in [9.17, 15) is 8.42 Å². The Morgan fingerprint density at radius 1 is 1.11 bits per heavy atom. The Hall–Kier alpha value is -1.43. The molecule has 0 amide bonds. The first kappa shape index (κ1) is 24.6. The van der Waals surface area contributed by atoms with E-state index in [1.807, 2.05) is 13.0 Å². The van der Waals surface area contributed by atoms with Crippen LogP contribution in [0.5, 0.6) is 0 Å². The molecule has 0 aliphatic heterocycles. The molecule has 154 valence electrons. The molecule has 7 nitrogen and oxygen atoms in total. The number of rotatable bonds is 8. The van der Waals surface area contributed by atoms with Crippen LogP contribution in [0, 0.1) is 0 Å². The smallest absolute Gasteiger partial charge is 0.240 e. The highest BCUT2D eigenvalue weighted by atomic mass is 127. The van der Waals surface area contributed by atoms with E-state index in [0.29, 0.717) is 24.2 Å². The number of aromatic nitrogens is 1. The van der Waals surface area contributed by atoms with E-state index in [2.05, 4.69) is 25.3 Å². The summed E-state index contributed by atoms with van der Waals surface area (Å²) in [6, 6.07) is 10.4. The molecule has 1 aromatic carbocycles. The Balaban J connectivity index is 0.00000392. The summed E-state index contributed by atoms with van der Waals surface area (Å²) in [5, 5.41) is 6.94. The summed E-state index contributed by atoms with van der Waals surface area (Å²) in [5.41, 5.74) is 2.01. The van der Waals surface area contributed by atoms with Gasteiger partial charge in [-0.3, -0.25) is 0 Å². The van der Waals surface area contributed by atoms with Crippen LogP contribution in [0.4, 0.5) is 0 Å². The van der Waals surface area contributed by atoms with Crippen LogP contribution in [0.15, 0.2) is 52.5 Å². The number of guanidine groups is 1. The zero-order valence-corrected chi connectivity index (χ0v) is 19.7. The minimum atomic E-state index is -3.42. The van der Waals surface area contributed by atoms with Gasteiger partial charge in [0.15, 0.2) is 5.96 Å². The molecule has 1 aromatic heterocycles. The molecule has 2 rings (SSSR count). The van der Waals surface area contributed by atoms with E-state index in [4.69, 9.17) is 11.6 Å². The number of benzene rings is 1. The van der Waals surface area contributed by atoms with Gasteiger partial charge in [0.05, 0.1) is 11.4 Å². The molecule has 0 fully saturated rings. The van der Waals surface area contributed by atoms with E-state index in [1.165, 1.54) is 7.05 Å². The molecule has 1 heterocycles. The second-order valence-electron chi connectivity index (χ2n) is 5.71. The van der Waals surface area contributed by atoms with Crippen molar-refractivity contribution in [2.45, 2.75) is 24.8 Å². The van der Waals surface area contributed by atoms with Gasteiger partial charge in [-0.15, -0.1) is 24.0 Å². The largest absolute Gasteiger partial charge is 0.357 e. The number of pyridine rings is 1. The summed E-state index contributed by atoms with van der Waals surface area (Å²) in [6.07, 6.45) is 2.56. The third-order valence-corrected chi connectivity index (χ3v) is 5.41. The number of nitrogens with one attached hydrogen (secondary N) is 3. The molecule has 0 aliphatic rings. The Morgan fingerprint density at radius 2 is 1.79 bits per heavy atom. The van der Waals surface area contributed by atoms with E-state index in [1.54, 1.807) is 36.5 Å². The van der Waals surface area contributed by atoms with Crippen molar-refractivity contribution in [2.24, 2.45) is 4.99 Å². The Kier molecular flexibility index (Phi) is 10.7. The standard InChI is InChI=1S/C18H24ClN5O2S.HI/c1-3-21-18(22-11-10-15-6-9-17(19)23-12-15)24-13-14-4-7-16(8-5-14)27(25,26)20-2;/h4-9,12,20H,3,10-11,13H2,1-2H3,(H2,21,22,24);1H. The molecule has 0 radical (unpaired) electrons. The quantitative estimate of drug-likeness (QED) is 0.208.